The van der Waals surface area contributed by atoms with Gasteiger partial charge in [0, 0.05) is 13.0 Å². The Morgan fingerprint density at radius 1 is 1.50 bits per heavy atom. The molecule has 1 rings (SSSR count). The van der Waals surface area contributed by atoms with E-state index in [1.807, 2.05) is 27.8 Å². The average molecular weight is 259 g/mol. The fourth-order valence-corrected chi connectivity index (χ4v) is 1.83. The maximum atomic E-state index is 10.4. The van der Waals surface area contributed by atoms with Gasteiger partial charge in [0.1, 0.15) is 5.60 Å². The summed E-state index contributed by atoms with van der Waals surface area (Å²) < 4.78 is 4.55. The first-order valence-electron chi connectivity index (χ1n) is 6.26. The van der Waals surface area contributed by atoms with Crippen LogP contribution in [0.4, 0.5) is 0 Å². The highest BCUT2D eigenvalue weighted by atomic mass is 16.5. The molecule has 0 amide bonds. The van der Waals surface area contributed by atoms with Gasteiger partial charge in [0.25, 0.3) is 6.47 Å². The molecule has 1 atom stereocenters. The molecule has 106 valence electrons. The third kappa shape index (κ3) is 10.1. The van der Waals surface area contributed by atoms with Crippen molar-refractivity contribution < 1.29 is 19.4 Å². The highest BCUT2D eigenvalue weighted by Gasteiger charge is 2.19. The van der Waals surface area contributed by atoms with Crippen LogP contribution in [-0.2, 0) is 14.3 Å². The summed E-state index contributed by atoms with van der Waals surface area (Å²) in [5, 5.41) is 8.53. The Morgan fingerprint density at radius 3 is 2.44 bits per heavy atom. The van der Waals surface area contributed by atoms with Crippen LogP contribution in [0.1, 0.15) is 40.0 Å². The van der Waals surface area contributed by atoms with Crippen molar-refractivity contribution in [3.63, 3.8) is 0 Å². The fraction of sp³-hybridized carbons (Fsp3) is 0.846. The van der Waals surface area contributed by atoms with Gasteiger partial charge in [-0.05, 0) is 53.1 Å². The molecule has 5 nitrogen and oxygen atoms in total. The van der Waals surface area contributed by atoms with E-state index in [1.54, 1.807) is 0 Å². The molecule has 0 saturated carbocycles. The van der Waals surface area contributed by atoms with Gasteiger partial charge in [0.2, 0.25) is 0 Å². The van der Waals surface area contributed by atoms with Crippen molar-refractivity contribution in [3.8, 4) is 0 Å². The highest BCUT2D eigenvalue weighted by Crippen LogP contribution is 2.17. The Bertz CT molecular complexity index is 260. The molecule has 18 heavy (non-hydrogen) atoms. The van der Waals surface area contributed by atoms with Crippen LogP contribution in [0.3, 0.4) is 0 Å². The molecule has 0 radical (unpaired) electrons. The normalized spacial score (nSPS) is 20.6. The number of piperidine rings is 1. The van der Waals surface area contributed by atoms with Crippen molar-refractivity contribution in [2.75, 3.05) is 20.1 Å². The van der Waals surface area contributed by atoms with Crippen LogP contribution in [-0.4, -0.2) is 48.2 Å². The Balaban J connectivity index is 0.000000360. The minimum atomic E-state index is -0.662. The third-order valence-corrected chi connectivity index (χ3v) is 2.59. The molecule has 1 unspecified atom stereocenters. The predicted octanol–water partition coefficient (Wildman–Crippen LogP) is 1.76. The smallest absolute Gasteiger partial charge is 0.303 e. The number of carbonyl (C=O) groups excluding carboxylic acids is 1. The second-order valence-corrected chi connectivity index (χ2v) is 5.69. The average Bonchev–Trinajstić information content (AvgIpc) is 2.15. The molecule has 1 N–H and O–H groups in total. The number of carboxylic acid groups (broad SMARTS) is 1. The Kier molecular flexibility index (Phi) is 7.59. The standard InChI is InChI=1S/C8H15NO2.C5H10O2/c1-9-4-2-3-7(6-9)5-8(10)11;1-5(2,3)7-4-6/h7H,2-6H2,1H3,(H,10,11);4H,1-3H3. The van der Waals surface area contributed by atoms with E-state index in [2.05, 4.69) is 9.64 Å². The molecule has 1 heterocycles. The van der Waals surface area contributed by atoms with E-state index in [0.717, 1.165) is 25.9 Å². The first kappa shape index (κ1) is 16.9. The van der Waals surface area contributed by atoms with E-state index in [0.29, 0.717) is 18.8 Å². The zero-order chi connectivity index (χ0) is 14.2. The Labute approximate surface area is 109 Å². The summed E-state index contributed by atoms with van der Waals surface area (Å²) in [6.07, 6.45) is 2.56. The van der Waals surface area contributed by atoms with E-state index < -0.39 is 5.97 Å². The van der Waals surface area contributed by atoms with E-state index in [-0.39, 0.29) is 5.60 Å². The van der Waals surface area contributed by atoms with Gasteiger partial charge in [-0.2, -0.15) is 0 Å². The van der Waals surface area contributed by atoms with Crippen LogP contribution in [0, 0.1) is 5.92 Å². The zero-order valence-electron chi connectivity index (χ0n) is 11.8. The van der Waals surface area contributed by atoms with Gasteiger partial charge in [0.15, 0.2) is 0 Å². The Hall–Kier alpha value is -1.10. The fourth-order valence-electron chi connectivity index (χ4n) is 1.83. The van der Waals surface area contributed by atoms with E-state index in [4.69, 9.17) is 5.11 Å². The molecule has 1 saturated heterocycles. The van der Waals surface area contributed by atoms with Gasteiger partial charge >= 0.3 is 5.97 Å². The largest absolute Gasteiger partial charge is 0.481 e. The number of ether oxygens (including phenoxy) is 1. The van der Waals surface area contributed by atoms with Gasteiger partial charge < -0.3 is 14.7 Å². The maximum Gasteiger partial charge on any atom is 0.303 e. The van der Waals surface area contributed by atoms with E-state index >= 15 is 0 Å². The summed E-state index contributed by atoms with van der Waals surface area (Å²) >= 11 is 0. The highest BCUT2D eigenvalue weighted by molar-refractivity contribution is 5.67. The van der Waals surface area contributed by atoms with Gasteiger partial charge in [-0.3, -0.25) is 9.59 Å². The summed E-state index contributed by atoms with van der Waals surface area (Å²) in [6.45, 7) is 7.99. The van der Waals surface area contributed by atoms with Crippen molar-refractivity contribution >= 4 is 12.4 Å². The molecule has 1 fully saturated rings. The molecule has 0 aromatic rings. The van der Waals surface area contributed by atoms with Crippen molar-refractivity contribution in [2.45, 2.75) is 45.6 Å². The number of hydrogen-bond donors (Lipinski definition) is 1. The van der Waals surface area contributed by atoms with Crippen molar-refractivity contribution in [2.24, 2.45) is 5.92 Å². The minimum Gasteiger partial charge on any atom is -0.481 e. The van der Waals surface area contributed by atoms with Gasteiger partial charge in [-0.25, -0.2) is 0 Å². The van der Waals surface area contributed by atoms with Crippen molar-refractivity contribution in [3.05, 3.63) is 0 Å². The molecule has 1 aliphatic heterocycles. The first-order valence-corrected chi connectivity index (χ1v) is 6.26. The van der Waals surface area contributed by atoms with Crippen LogP contribution < -0.4 is 0 Å². The van der Waals surface area contributed by atoms with Crippen molar-refractivity contribution in [1.29, 1.82) is 0 Å². The van der Waals surface area contributed by atoms with E-state index in [9.17, 15) is 9.59 Å². The third-order valence-electron chi connectivity index (χ3n) is 2.59. The molecular weight excluding hydrogens is 234 g/mol. The molecule has 0 aromatic heterocycles. The van der Waals surface area contributed by atoms with Gasteiger partial charge in [-0.1, -0.05) is 0 Å². The molecule has 5 heteroatoms. The molecule has 0 bridgehead atoms. The van der Waals surface area contributed by atoms with Crippen LogP contribution in [0.2, 0.25) is 0 Å². The summed E-state index contributed by atoms with van der Waals surface area (Å²) in [6, 6.07) is 0. The lowest BCUT2D eigenvalue weighted by atomic mass is 9.95. The molecular formula is C13H25NO4. The topological polar surface area (TPSA) is 66.8 Å². The monoisotopic (exact) mass is 259 g/mol. The number of rotatable bonds is 3. The first-order chi connectivity index (χ1) is 8.24. The number of aliphatic carboxylic acids is 1. The lowest BCUT2D eigenvalue weighted by Gasteiger charge is -2.28. The summed E-state index contributed by atoms with van der Waals surface area (Å²) in [5.41, 5.74) is -0.318. The molecule has 1 aliphatic rings. The number of likely N-dealkylation sites (tertiary alicyclic amines) is 1. The van der Waals surface area contributed by atoms with Crippen molar-refractivity contribution in [1.82, 2.24) is 4.90 Å². The van der Waals surface area contributed by atoms with Crippen LogP contribution in [0.15, 0.2) is 0 Å². The molecule has 0 aromatic carbocycles. The Morgan fingerprint density at radius 2 is 2.11 bits per heavy atom. The van der Waals surface area contributed by atoms with E-state index in [1.165, 1.54) is 0 Å². The number of nitrogens with zero attached hydrogens (tertiary/aromatic N) is 1. The van der Waals surface area contributed by atoms with Crippen LogP contribution in [0.5, 0.6) is 0 Å². The summed E-state index contributed by atoms with van der Waals surface area (Å²) in [5.74, 6) is -0.281. The minimum absolute atomic E-state index is 0.318. The zero-order valence-corrected chi connectivity index (χ0v) is 11.8. The number of carboxylic acids is 1. The lowest BCUT2D eigenvalue weighted by Crippen LogP contribution is -2.33. The van der Waals surface area contributed by atoms with Crippen LogP contribution >= 0.6 is 0 Å². The predicted molar refractivity (Wildman–Crippen MR) is 69.4 cm³/mol. The SMILES string of the molecule is CC(C)(C)OC=O.CN1CCCC(CC(=O)O)C1. The molecule has 0 aliphatic carbocycles. The summed E-state index contributed by atoms with van der Waals surface area (Å²) in [4.78, 5) is 22.2. The lowest BCUT2D eigenvalue weighted by molar-refractivity contribution is -0.139. The number of hydrogen-bond acceptors (Lipinski definition) is 4. The van der Waals surface area contributed by atoms with Gasteiger partial charge in [-0.15, -0.1) is 0 Å². The molecule has 0 spiro atoms. The maximum absolute atomic E-state index is 10.4. The second kappa shape index (κ2) is 8.08. The number of carbonyl (C=O) groups is 2. The summed E-state index contributed by atoms with van der Waals surface area (Å²) in [7, 11) is 2.05. The van der Waals surface area contributed by atoms with Gasteiger partial charge in [0.05, 0.1) is 0 Å². The second-order valence-electron chi connectivity index (χ2n) is 5.69. The quantitative estimate of drug-likeness (QED) is 0.782. The van der Waals surface area contributed by atoms with Crippen LogP contribution in [0.25, 0.3) is 0 Å².